The molecule has 0 amide bonds. The van der Waals surface area contributed by atoms with E-state index in [1.165, 1.54) is 13.8 Å². The molecule has 1 N–H and O–H groups in total. The van der Waals surface area contributed by atoms with Gasteiger partial charge < -0.3 is 19.1 Å². The van der Waals surface area contributed by atoms with E-state index in [0.29, 0.717) is 11.1 Å². The maximum Gasteiger partial charge on any atom is 0.329 e. The van der Waals surface area contributed by atoms with Crippen molar-refractivity contribution in [3.63, 3.8) is 0 Å². The summed E-state index contributed by atoms with van der Waals surface area (Å²) in [5.74, 6) is -0.310. The van der Waals surface area contributed by atoms with Crippen molar-refractivity contribution in [2.75, 3.05) is 17.5 Å². The summed E-state index contributed by atoms with van der Waals surface area (Å²) in [6, 6.07) is 19.8. The molecule has 3 aromatic rings. The first-order valence-corrected chi connectivity index (χ1v) is 10.3. The van der Waals surface area contributed by atoms with Gasteiger partial charge in [0, 0.05) is 16.7 Å². The molecule has 0 aliphatic carbocycles. The molecule has 0 radical (unpaired) electrons. The summed E-state index contributed by atoms with van der Waals surface area (Å²) >= 11 is -2.84. The molecule has 8 heteroatoms. The van der Waals surface area contributed by atoms with Gasteiger partial charge in [0.25, 0.3) is 0 Å². The van der Waals surface area contributed by atoms with Crippen LogP contribution in [0.15, 0.2) is 66.7 Å². The van der Waals surface area contributed by atoms with E-state index >= 15 is 0 Å². The topological polar surface area (TPSA) is 99.1 Å². The molecule has 0 aliphatic rings. The second kappa shape index (κ2) is 9.15. The third-order valence-corrected chi connectivity index (χ3v) is 5.55. The molecule has 1 atom stereocenters. The Labute approximate surface area is 177 Å². The van der Waals surface area contributed by atoms with Crippen molar-refractivity contribution in [1.82, 2.24) is 0 Å². The third kappa shape index (κ3) is 4.55. The molecule has 0 bridgehead atoms. The first kappa shape index (κ1) is 21.6. The summed E-state index contributed by atoms with van der Waals surface area (Å²) in [5, 5.41) is 11.1. The summed E-state index contributed by atoms with van der Waals surface area (Å²) in [5.41, 5.74) is -1.57. The molecule has 0 saturated heterocycles. The molecule has 3 aromatic carbocycles. The molecule has 1 unspecified atom stereocenters. The van der Waals surface area contributed by atoms with Gasteiger partial charge in [0.1, 0.15) is 24.5 Å². The number of aliphatic carboxylic acids is 1. The minimum atomic E-state index is -2.84. The van der Waals surface area contributed by atoms with Gasteiger partial charge in [-0.1, -0.05) is 48.5 Å². The van der Waals surface area contributed by atoms with Crippen LogP contribution in [-0.2, 0) is 16.1 Å². The molecule has 0 fully saturated rings. The Morgan fingerprint density at radius 1 is 1.00 bits per heavy atom. The number of carbonyl (C=O) groups is 1. The standard InChI is InChI=1S/C22H23NO6S/c1-22(2,21(24)25)23(30(26)27)19-13-12-16-8-6-7-11-18(16)20(19)29-15-14-28-17-9-4-3-5-10-17/h3-13H,14-15H2,1-2H3,(H,24,25)(H,26,27)/p-1. The predicted octanol–water partition coefficient (Wildman–Crippen LogP) is 3.76. The highest BCUT2D eigenvalue weighted by Crippen LogP contribution is 2.40. The van der Waals surface area contributed by atoms with Gasteiger partial charge in [-0.3, -0.25) is 8.51 Å². The Bertz CT molecular complexity index is 1050. The summed E-state index contributed by atoms with van der Waals surface area (Å²) in [7, 11) is 0. The number of para-hydroxylation sites is 1. The van der Waals surface area contributed by atoms with Gasteiger partial charge >= 0.3 is 5.97 Å². The van der Waals surface area contributed by atoms with Crippen molar-refractivity contribution in [2.45, 2.75) is 19.4 Å². The smallest absolute Gasteiger partial charge is 0.329 e. The number of hydrogen-bond donors (Lipinski definition) is 1. The monoisotopic (exact) mass is 428 g/mol. The Hall–Kier alpha value is -3.10. The fourth-order valence-corrected chi connectivity index (χ4v) is 3.77. The second-order valence-corrected chi connectivity index (χ2v) is 7.82. The highest BCUT2D eigenvalue weighted by molar-refractivity contribution is 7.80. The number of fused-ring (bicyclic) bond motifs is 1. The zero-order valence-corrected chi connectivity index (χ0v) is 17.4. The SMILES string of the molecule is CC(C)(C(=O)O)N(c1ccc2ccccc2c1OCCOc1ccccc1)S(=O)[O-]. The van der Waals surface area contributed by atoms with Crippen molar-refractivity contribution in [3.8, 4) is 11.5 Å². The van der Waals surface area contributed by atoms with Crippen LogP contribution in [0, 0.1) is 0 Å². The van der Waals surface area contributed by atoms with Crippen LogP contribution in [0.25, 0.3) is 10.8 Å². The van der Waals surface area contributed by atoms with Gasteiger partial charge in [-0.05, 0) is 37.4 Å². The summed E-state index contributed by atoms with van der Waals surface area (Å²) < 4.78 is 36.5. The van der Waals surface area contributed by atoms with E-state index in [0.717, 1.165) is 9.69 Å². The molecule has 30 heavy (non-hydrogen) atoms. The van der Waals surface area contributed by atoms with Crippen molar-refractivity contribution in [3.05, 3.63) is 66.7 Å². The van der Waals surface area contributed by atoms with Crippen LogP contribution in [0.3, 0.4) is 0 Å². The lowest BCUT2D eigenvalue weighted by Crippen LogP contribution is -2.51. The fourth-order valence-electron chi connectivity index (χ4n) is 3.02. The number of anilines is 1. The highest BCUT2D eigenvalue weighted by Gasteiger charge is 2.37. The van der Waals surface area contributed by atoms with Crippen LogP contribution < -0.4 is 13.8 Å². The van der Waals surface area contributed by atoms with Gasteiger partial charge in [-0.15, -0.1) is 0 Å². The van der Waals surface area contributed by atoms with E-state index in [9.17, 15) is 18.7 Å². The number of carboxylic acid groups (broad SMARTS) is 1. The average molecular weight is 428 g/mol. The van der Waals surface area contributed by atoms with E-state index in [2.05, 4.69) is 0 Å². The maximum atomic E-state index is 12.0. The van der Waals surface area contributed by atoms with Crippen molar-refractivity contribution in [1.29, 1.82) is 0 Å². The summed E-state index contributed by atoms with van der Waals surface area (Å²) in [6.07, 6.45) is 0. The van der Waals surface area contributed by atoms with Crippen molar-refractivity contribution >= 4 is 33.7 Å². The molecule has 7 nitrogen and oxygen atoms in total. The largest absolute Gasteiger partial charge is 0.755 e. The zero-order valence-electron chi connectivity index (χ0n) is 16.6. The predicted molar refractivity (Wildman–Crippen MR) is 114 cm³/mol. The maximum absolute atomic E-state index is 12.0. The lowest BCUT2D eigenvalue weighted by molar-refractivity contribution is -0.141. The number of nitrogens with zero attached hydrogens (tertiary/aromatic N) is 1. The molecule has 0 aliphatic heterocycles. The van der Waals surface area contributed by atoms with Gasteiger partial charge in [0.15, 0.2) is 5.75 Å². The summed E-state index contributed by atoms with van der Waals surface area (Å²) in [6.45, 7) is 3.02. The molecular weight excluding hydrogens is 406 g/mol. The van der Waals surface area contributed by atoms with E-state index < -0.39 is 22.8 Å². The van der Waals surface area contributed by atoms with Crippen LogP contribution in [0.4, 0.5) is 5.69 Å². The molecule has 0 heterocycles. The lowest BCUT2D eigenvalue weighted by atomic mass is 10.0. The number of benzene rings is 3. The molecular formula is C22H22NO6S-. The van der Waals surface area contributed by atoms with Crippen LogP contribution in [0.5, 0.6) is 11.5 Å². The summed E-state index contributed by atoms with van der Waals surface area (Å²) in [4.78, 5) is 11.8. The van der Waals surface area contributed by atoms with E-state index in [-0.39, 0.29) is 24.7 Å². The van der Waals surface area contributed by atoms with Gasteiger partial charge in [0.05, 0.1) is 5.69 Å². The van der Waals surface area contributed by atoms with Crippen LogP contribution in [-0.4, -0.2) is 38.6 Å². The van der Waals surface area contributed by atoms with E-state index in [4.69, 9.17) is 9.47 Å². The molecule has 0 aromatic heterocycles. The quantitative estimate of drug-likeness (QED) is 0.412. The average Bonchev–Trinajstić information content (AvgIpc) is 2.72. The van der Waals surface area contributed by atoms with Crippen LogP contribution >= 0.6 is 0 Å². The van der Waals surface area contributed by atoms with Gasteiger partial charge in [-0.2, -0.15) is 0 Å². The Morgan fingerprint density at radius 3 is 2.30 bits per heavy atom. The second-order valence-electron chi connectivity index (χ2n) is 7.02. The lowest BCUT2D eigenvalue weighted by Gasteiger charge is -2.38. The number of hydrogen-bond acceptors (Lipinski definition) is 5. The Balaban J connectivity index is 1.96. The zero-order chi connectivity index (χ0) is 21.7. The van der Waals surface area contributed by atoms with Crippen molar-refractivity contribution in [2.24, 2.45) is 0 Å². The van der Waals surface area contributed by atoms with Crippen molar-refractivity contribution < 1.29 is 28.1 Å². The first-order chi connectivity index (χ1) is 14.3. The van der Waals surface area contributed by atoms with Gasteiger partial charge in [-0.25, -0.2) is 4.79 Å². The highest BCUT2D eigenvalue weighted by atomic mass is 32.2. The van der Waals surface area contributed by atoms with E-state index in [1.807, 2.05) is 42.5 Å². The molecule has 158 valence electrons. The van der Waals surface area contributed by atoms with Gasteiger partial charge in [0.2, 0.25) is 0 Å². The third-order valence-electron chi connectivity index (χ3n) is 4.60. The van der Waals surface area contributed by atoms with Crippen LogP contribution in [0.1, 0.15) is 13.8 Å². The van der Waals surface area contributed by atoms with E-state index in [1.54, 1.807) is 24.3 Å². The Morgan fingerprint density at radius 2 is 1.63 bits per heavy atom. The number of ether oxygens (including phenoxy) is 2. The number of carboxylic acids is 1. The normalized spacial score (nSPS) is 12.4. The Kier molecular flexibility index (Phi) is 6.59. The molecule has 3 rings (SSSR count). The fraction of sp³-hybridized carbons (Fsp3) is 0.227. The van der Waals surface area contributed by atoms with Crippen LogP contribution in [0.2, 0.25) is 0 Å². The minimum absolute atomic E-state index is 0.142. The molecule has 0 saturated carbocycles. The first-order valence-electron chi connectivity index (χ1n) is 9.28. The minimum Gasteiger partial charge on any atom is -0.755 e. The molecule has 0 spiro atoms. The number of rotatable bonds is 9.